The molecule has 0 fully saturated rings. The molecule has 2 aliphatic rings. The summed E-state index contributed by atoms with van der Waals surface area (Å²) in [6, 6.07) is 20.8. The number of fused-ring (bicyclic) bond motifs is 2. The molecule has 3 aromatic rings. The van der Waals surface area contributed by atoms with Gasteiger partial charge < -0.3 is 9.80 Å². The lowest BCUT2D eigenvalue weighted by Crippen LogP contribution is -2.36. The van der Waals surface area contributed by atoms with Crippen LogP contribution in [-0.4, -0.2) is 28.9 Å². The first-order chi connectivity index (χ1) is 13.8. The predicted molar refractivity (Wildman–Crippen MR) is 111 cm³/mol. The summed E-state index contributed by atoms with van der Waals surface area (Å²) in [7, 11) is 0. The Balaban J connectivity index is 1.36. The fourth-order valence-corrected chi connectivity index (χ4v) is 4.30. The molecular weight excluding hydrogens is 346 g/mol. The van der Waals surface area contributed by atoms with Crippen LogP contribution in [-0.2, 0) is 19.4 Å². The SMILES string of the molecule is O=C(c1ccc(N2CCCc3ccccc32)nc1)N1CCc2ccccc2C1. The van der Waals surface area contributed by atoms with Gasteiger partial charge in [-0.25, -0.2) is 4.98 Å². The number of aryl methyl sites for hydroxylation is 1. The monoisotopic (exact) mass is 369 g/mol. The highest BCUT2D eigenvalue weighted by Gasteiger charge is 2.23. The molecular formula is C24H23N3O. The standard InChI is InChI=1S/C24H23N3O/c28-24(26-15-13-18-6-1-2-8-21(18)17-26)20-11-12-23(25-16-20)27-14-5-9-19-7-3-4-10-22(19)27/h1-4,6-8,10-12,16H,5,9,13-15,17H2. The molecule has 140 valence electrons. The number of nitrogens with zero attached hydrogens (tertiary/aromatic N) is 3. The van der Waals surface area contributed by atoms with E-state index in [-0.39, 0.29) is 5.91 Å². The van der Waals surface area contributed by atoms with Crippen molar-refractivity contribution < 1.29 is 4.79 Å². The molecule has 0 radical (unpaired) electrons. The number of benzene rings is 2. The second kappa shape index (κ2) is 7.12. The minimum Gasteiger partial charge on any atom is -0.334 e. The molecule has 0 spiro atoms. The van der Waals surface area contributed by atoms with Crippen LogP contribution in [0.2, 0.25) is 0 Å². The molecule has 1 aromatic heterocycles. The third kappa shape index (κ3) is 3.05. The lowest BCUT2D eigenvalue weighted by molar-refractivity contribution is 0.0734. The lowest BCUT2D eigenvalue weighted by Gasteiger charge is -2.31. The van der Waals surface area contributed by atoms with Gasteiger partial charge in [0.25, 0.3) is 5.91 Å². The molecule has 0 atom stereocenters. The second-order valence-corrected chi connectivity index (χ2v) is 7.53. The molecule has 0 saturated carbocycles. The highest BCUT2D eigenvalue weighted by molar-refractivity contribution is 5.94. The van der Waals surface area contributed by atoms with E-state index in [0.29, 0.717) is 12.1 Å². The first-order valence-corrected chi connectivity index (χ1v) is 9.97. The Labute approximate surface area is 165 Å². The molecule has 0 aliphatic carbocycles. The Morgan fingerprint density at radius 3 is 2.43 bits per heavy atom. The molecule has 0 unspecified atom stereocenters. The van der Waals surface area contributed by atoms with Crippen LogP contribution in [0.15, 0.2) is 66.9 Å². The van der Waals surface area contributed by atoms with Crippen molar-refractivity contribution in [3.63, 3.8) is 0 Å². The summed E-state index contributed by atoms with van der Waals surface area (Å²) in [5.41, 5.74) is 5.85. The van der Waals surface area contributed by atoms with Gasteiger partial charge in [0.05, 0.1) is 5.56 Å². The Morgan fingerprint density at radius 1 is 0.821 bits per heavy atom. The number of pyridine rings is 1. The van der Waals surface area contributed by atoms with Gasteiger partial charge in [-0.3, -0.25) is 4.79 Å². The van der Waals surface area contributed by atoms with Crippen LogP contribution in [0, 0.1) is 0 Å². The molecule has 2 aliphatic heterocycles. The van der Waals surface area contributed by atoms with Gasteiger partial charge in [-0.15, -0.1) is 0 Å². The Hall–Kier alpha value is -3.14. The van der Waals surface area contributed by atoms with Gasteiger partial charge in [0.1, 0.15) is 5.82 Å². The second-order valence-electron chi connectivity index (χ2n) is 7.53. The number of carbonyl (C=O) groups is 1. The highest BCUT2D eigenvalue weighted by atomic mass is 16.2. The predicted octanol–water partition coefficient (Wildman–Crippen LogP) is 4.36. The van der Waals surface area contributed by atoms with Crippen LogP contribution in [0.25, 0.3) is 0 Å². The largest absolute Gasteiger partial charge is 0.334 e. The number of hydrogen-bond donors (Lipinski definition) is 0. The number of rotatable bonds is 2. The van der Waals surface area contributed by atoms with E-state index in [2.05, 4.69) is 52.3 Å². The van der Waals surface area contributed by atoms with Crippen LogP contribution < -0.4 is 4.90 Å². The number of aromatic nitrogens is 1. The first kappa shape index (κ1) is 17.0. The molecule has 0 saturated heterocycles. The zero-order valence-electron chi connectivity index (χ0n) is 15.8. The summed E-state index contributed by atoms with van der Waals surface area (Å²) in [6.07, 6.45) is 4.87. The summed E-state index contributed by atoms with van der Waals surface area (Å²) in [4.78, 5) is 21.8. The van der Waals surface area contributed by atoms with Crippen molar-refractivity contribution in [1.82, 2.24) is 9.88 Å². The lowest BCUT2D eigenvalue weighted by atomic mass is 9.99. The molecule has 4 nitrogen and oxygen atoms in total. The third-order valence-electron chi connectivity index (χ3n) is 5.80. The van der Waals surface area contributed by atoms with Crippen molar-refractivity contribution in [2.24, 2.45) is 0 Å². The smallest absolute Gasteiger partial charge is 0.255 e. The summed E-state index contributed by atoms with van der Waals surface area (Å²) in [5.74, 6) is 0.972. The normalized spacial score (nSPS) is 15.7. The van der Waals surface area contributed by atoms with Crippen LogP contribution in [0.3, 0.4) is 0 Å². The molecule has 4 heteroatoms. The van der Waals surface area contributed by atoms with Gasteiger partial charge in [-0.2, -0.15) is 0 Å². The van der Waals surface area contributed by atoms with Gasteiger partial charge in [0.2, 0.25) is 0 Å². The maximum atomic E-state index is 13.0. The van der Waals surface area contributed by atoms with Crippen molar-refractivity contribution in [3.8, 4) is 0 Å². The van der Waals surface area contributed by atoms with E-state index in [1.165, 1.54) is 22.4 Å². The molecule has 0 N–H and O–H groups in total. The van der Waals surface area contributed by atoms with E-state index >= 15 is 0 Å². The summed E-state index contributed by atoms with van der Waals surface area (Å²) < 4.78 is 0. The van der Waals surface area contributed by atoms with Crippen molar-refractivity contribution >= 4 is 17.4 Å². The summed E-state index contributed by atoms with van der Waals surface area (Å²) in [6.45, 7) is 2.40. The van der Waals surface area contributed by atoms with Crippen LogP contribution in [0.5, 0.6) is 0 Å². The minimum absolute atomic E-state index is 0.0626. The summed E-state index contributed by atoms with van der Waals surface area (Å²) in [5, 5.41) is 0. The highest BCUT2D eigenvalue weighted by Crippen LogP contribution is 2.32. The minimum atomic E-state index is 0.0626. The topological polar surface area (TPSA) is 36.4 Å². The van der Waals surface area contributed by atoms with E-state index in [0.717, 1.165) is 38.2 Å². The molecule has 0 bridgehead atoms. The van der Waals surface area contributed by atoms with E-state index < -0.39 is 0 Å². The average molecular weight is 369 g/mol. The Kier molecular flexibility index (Phi) is 4.32. The van der Waals surface area contributed by atoms with E-state index in [1.54, 1.807) is 6.20 Å². The third-order valence-corrected chi connectivity index (χ3v) is 5.80. The quantitative estimate of drug-likeness (QED) is 0.673. The zero-order chi connectivity index (χ0) is 18.9. The number of amides is 1. The Bertz CT molecular complexity index is 1010. The van der Waals surface area contributed by atoms with Crippen molar-refractivity contribution in [2.45, 2.75) is 25.8 Å². The van der Waals surface area contributed by atoms with Crippen molar-refractivity contribution in [1.29, 1.82) is 0 Å². The van der Waals surface area contributed by atoms with Gasteiger partial charge >= 0.3 is 0 Å². The van der Waals surface area contributed by atoms with Gasteiger partial charge in [-0.1, -0.05) is 42.5 Å². The van der Waals surface area contributed by atoms with Crippen LogP contribution >= 0.6 is 0 Å². The Morgan fingerprint density at radius 2 is 1.61 bits per heavy atom. The fraction of sp³-hybridized carbons (Fsp3) is 0.250. The number of carbonyl (C=O) groups excluding carboxylic acids is 1. The van der Waals surface area contributed by atoms with E-state index in [9.17, 15) is 4.79 Å². The summed E-state index contributed by atoms with van der Waals surface area (Å²) >= 11 is 0. The van der Waals surface area contributed by atoms with E-state index in [4.69, 9.17) is 0 Å². The number of anilines is 2. The maximum Gasteiger partial charge on any atom is 0.255 e. The maximum absolute atomic E-state index is 13.0. The number of para-hydroxylation sites is 1. The van der Waals surface area contributed by atoms with Crippen molar-refractivity contribution in [2.75, 3.05) is 18.0 Å². The molecule has 28 heavy (non-hydrogen) atoms. The average Bonchev–Trinajstić information content (AvgIpc) is 2.78. The molecule has 2 aromatic carbocycles. The van der Waals surface area contributed by atoms with E-state index in [1.807, 2.05) is 23.1 Å². The van der Waals surface area contributed by atoms with Crippen LogP contribution in [0.4, 0.5) is 11.5 Å². The fourth-order valence-electron chi connectivity index (χ4n) is 4.30. The number of hydrogen-bond acceptors (Lipinski definition) is 3. The molecule has 1 amide bonds. The van der Waals surface area contributed by atoms with Gasteiger partial charge in [-0.05, 0) is 54.2 Å². The van der Waals surface area contributed by atoms with Crippen molar-refractivity contribution in [3.05, 3.63) is 89.1 Å². The van der Waals surface area contributed by atoms with Crippen LogP contribution in [0.1, 0.15) is 33.5 Å². The first-order valence-electron chi connectivity index (χ1n) is 9.97. The zero-order valence-corrected chi connectivity index (χ0v) is 15.8. The molecule has 5 rings (SSSR count). The van der Waals surface area contributed by atoms with Gasteiger partial charge in [0.15, 0.2) is 0 Å². The van der Waals surface area contributed by atoms with Gasteiger partial charge in [0, 0.05) is 31.5 Å². The molecule has 3 heterocycles.